The van der Waals surface area contributed by atoms with Crippen LogP contribution in [0.4, 0.5) is 0 Å². The second kappa shape index (κ2) is 5.61. The largest absolute Gasteiger partial charge is 0.361 e. The molecule has 4 heteroatoms. The maximum absolute atomic E-state index is 12.2. The van der Waals surface area contributed by atoms with E-state index >= 15 is 0 Å². The van der Waals surface area contributed by atoms with E-state index in [1.807, 2.05) is 0 Å². The molecule has 4 aliphatic carbocycles. The molecule has 0 aliphatic heterocycles. The van der Waals surface area contributed by atoms with Gasteiger partial charge in [0.1, 0.15) is 5.78 Å². The van der Waals surface area contributed by atoms with Gasteiger partial charge in [0.2, 0.25) is 5.78 Å². The number of carbonyl (C=O) groups is 2. The fraction of sp³-hybridized carbons (Fsp3) is 0.857. The van der Waals surface area contributed by atoms with E-state index in [9.17, 15) is 15.1 Å². The lowest BCUT2D eigenvalue weighted by Gasteiger charge is -2.58. The summed E-state index contributed by atoms with van der Waals surface area (Å²) >= 11 is 0. The molecular weight excluding hydrogens is 312 g/mol. The Labute approximate surface area is 150 Å². The predicted molar refractivity (Wildman–Crippen MR) is 94.9 cm³/mol. The maximum atomic E-state index is 12.2. The van der Waals surface area contributed by atoms with E-state index in [0.717, 1.165) is 38.5 Å². The fourth-order valence-corrected chi connectivity index (χ4v) is 7.76. The summed E-state index contributed by atoms with van der Waals surface area (Å²) in [6.07, 6.45) is 8.04. The molecule has 0 aromatic rings. The van der Waals surface area contributed by atoms with Gasteiger partial charge in [-0.2, -0.15) is 4.79 Å². The van der Waals surface area contributed by atoms with Crippen molar-refractivity contribution < 1.29 is 14.4 Å². The topological polar surface area (TPSA) is 70.5 Å². The fourth-order valence-electron chi connectivity index (χ4n) is 7.76. The van der Waals surface area contributed by atoms with Gasteiger partial charge in [-0.25, -0.2) is 0 Å². The van der Waals surface area contributed by atoms with Crippen molar-refractivity contribution in [2.24, 2.45) is 40.4 Å². The van der Waals surface area contributed by atoms with Gasteiger partial charge in [0.25, 0.3) is 0 Å². The molecule has 0 saturated heterocycles. The molecule has 4 rings (SSSR count). The van der Waals surface area contributed by atoms with Crippen LogP contribution in [0.1, 0.15) is 72.1 Å². The quantitative estimate of drug-likeness (QED) is 0.532. The summed E-state index contributed by atoms with van der Waals surface area (Å²) in [7, 11) is 0. The SMILES string of the molecule is CC(=O)[C@H]1CC[C@H]2[C@@H]3CCC4C(=[N+]=[N-])C(=O)CC[C@]4(C)[C@H]3CC[C@]12C. The smallest absolute Gasteiger partial charge is 0.337 e. The van der Waals surface area contributed by atoms with Gasteiger partial charge in [-0.3, -0.25) is 9.59 Å². The Balaban J connectivity index is 1.67. The molecule has 0 bridgehead atoms. The molecule has 4 aliphatic rings. The van der Waals surface area contributed by atoms with E-state index in [1.165, 1.54) is 6.42 Å². The third-order valence-corrected chi connectivity index (χ3v) is 8.97. The third kappa shape index (κ3) is 2.19. The van der Waals surface area contributed by atoms with Crippen molar-refractivity contribution in [2.45, 2.75) is 72.1 Å². The molecule has 0 amide bonds. The first-order chi connectivity index (χ1) is 11.8. The Bertz CT molecular complexity index is 679. The van der Waals surface area contributed by atoms with Gasteiger partial charge in [-0.05, 0) is 80.5 Å². The van der Waals surface area contributed by atoms with Gasteiger partial charge in [0, 0.05) is 12.3 Å². The summed E-state index contributed by atoms with van der Waals surface area (Å²) < 4.78 is 0. The highest BCUT2D eigenvalue weighted by Crippen LogP contribution is 2.66. The number of rotatable bonds is 1. The second-order valence-corrected chi connectivity index (χ2v) is 9.71. The minimum atomic E-state index is 0.0431. The number of Topliss-reactive ketones (excluding diaryl/α,β-unsaturated/α-hetero) is 2. The van der Waals surface area contributed by atoms with Crippen molar-refractivity contribution in [1.29, 1.82) is 0 Å². The third-order valence-electron chi connectivity index (χ3n) is 8.97. The summed E-state index contributed by atoms with van der Waals surface area (Å²) in [4.78, 5) is 27.8. The molecule has 7 atom stereocenters. The summed E-state index contributed by atoms with van der Waals surface area (Å²) in [6, 6.07) is 0. The number of hydrogen-bond acceptors (Lipinski definition) is 2. The maximum Gasteiger partial charge on any atom is 0.337 e. The minimum Gasteiger partial charge on any atom is -0.361 e. The number of fused-ring (bicyclic) bond motifs is 5. The van der Waals surface area contributed by atoms with E-state index in [1.54, 1.807) is 6.92 Å². The van der Waals surface area contributed by atoms with Crippen LogP contribution in [-0.4, -0.2) is 22.1 Å². The molecular formula is C21H30N2O2. The summed E-state index contributed by atoms with van der Waals surface area (Å²) in [5.74, 6) is 2.69. The summed E-state index contributed by atoms with van der Waals surface area (Å²) in [5, 5.41) is 0. The highest BCUT2D eigenvalue weighted by Gasteiger charge is 2.63. The molecule has 4 saturated carbocycles. The van der Waals surface area contributed by atoms with Gasteiger partial charge in [0.15, 0.2) is 0 Å². The van der Waals surface area contributed by atoms with E-state index in [2.05, 4.69) is 18.6 Å². The molecule has 136 valence electrons. The first kappa shape index (κ1) is 17.1. The lowest BCUT2D eigenvalue weighted by molar-refractivity contribution is -0.137. The first-order valence-corrected chi connectivity index (χ1v) is 10.1. The number of hydrogen-bond donors (Lipinski definition) is 0. The Morgan fingerprint density at radius 2 is 1.76 bits per heavy atom. The Morgan fingerprint density at radius 3 is 2.44 bits per heavy atom. The van der Waals surface area contributed by atoms with E-state index in [0.29, 0.717) is 35.7 Å². The van der Waals surface area contributed by atoms with Crippen molar-refractivity contribution in [3.63, 3.8) is 0 Å². The van der Waals surface area contributed by atoms with Crippen LogP contribution in [0.5, 0.6) is 0 Å². The van der Waals surface area contributed by atoms with Gasteiger partial charge in [-0.1, -0.05) is 13.8 Å². The molecule has 0 heterocycles. The van der Waals surface area contributed by atoms with Crippen molar-refractivity contribution in [3.8, 4) is 0 Å². The average Bonchev–Trinajstić information content (AvgIpc) is 2.93. The zero-order chi connectivity index (χ0) is 18.0. The lowest BCUT2D eigenvalue weighted by atomic mass is 9.44. The van der Waals surface area contributed by atoms with Gasteiger partial charge < -0.3 is 5.53 Å². The van der Waals surface area contributed by atoms with E-state index in [4.69, 9.17) is 0 Å². The molecule has 0 radical (unpaired) electrons. The van der Waals surface area contributed by atoms with Gasteiger partial charge in [-0.15, -0.1) is 0 Å². The Morgan fingerprint density at radius 1 is 1.04 bits per heavy atom. The summed E-state index contributed by atoms with van der Waals surface area (Å²) in [6.45, 7) is 6.48. The normalized spacial score (nSPS) is 49.0. The minimum absolute atomic E-state index is 0.0431. The zero-order valence-corrected chi connectivity index (χ0v) is 15.8. The van der Waals surface area contributed by atoms with Crippen LogP contribution in [-0.2, 0) is 9.59 Å². The van der Waals surface area contributed by atoms with Crippen molar-refractivity contribution >= 4 is 17.3 Å². The highest BCUT2D eigenvalue weighted by molar-refractivity contribution is 6.39. The predicted octanol–water partition coefficient (Wildman–Crippen LogP) is 4.08. The van der Waals surface area contributed by atoms with Crippen molar-refractivity contribution in [3.05, 3.63) is 5.53 Å². The highest BCUT2D eigenvalue weighted by atomic mass is 16.1. The molecule has 1 unspecified atom stereocenters. The van der Waals surface area contributed by atoms with Crippen LogP contribution >= 0.6 is 0 Å². The summed E-state index contributed by atoms with van der Waals surface area (Å²) in [5.41, 5.74) is 10.1. The van der Waals surface area contributed by atoms with Crippen LogP contribution < -0.4 is 0 Å². The standard InChI is InChI=1S/C21H30N2O2/c1-12(24)14-6-7-15-13-4-5-17-19(23-22)18(25)9-11-21(17,3)16(13)8-10-20(14,15)2/h13-17H,4-11H2,1-3H3/t13-,14+,15-,16-,17?,20+,21+/m0/s1. The first-order valence-electron chi connectivity index (χ1n) is 10.1. The van der Waals surface area contributed by atoms with Crippen LogP contribution in [0.15, 0.2) is 0 Å². The molecule has 25 heavy (non-hydrogen) atoms. The molecule has 4 nitrogen and oxygen atoms in total. The molecule has 0 aromatic heterocycles. The Hall–Kier alpha value is -1.28. The van der Waals surface area contributed by atoms with Gasteiger partial charge >= 0.3 is 5.71 Å². The monoisotopic (exact) mass is 342 g/mol. The zero-order valence-electron chi connectivity index (χ0n) is 15.8. The van der Waals surface area contributed by atoms with Crippen LogP contribution in [0.2, 0.25) is 0 Å². The number of nitrogens with zero attached hydrogens (tertiary/aromatic N) is 2. The molecule has 0 aromatic carbocycles. The average molecular weight is 342 g/mol. The van der Waals surface area contributed by atoms with Crippen LogP contribution in [0.25, 0.3) is 5.53 Å². The van der Waals surface area contributed by atoms with Crippen LogP contribution in [0, 0.1) is 40.4 Å². The van der Waals surface area contributed by atoms with Gasteiger partial charge in [0.05, 0.1) is 5.92 Å². The molecule has 0 N–H and O–H groups in total. The van der Waals surface area contributed by atoms with Crippen molar-refractivity contribution in [1.82, 2.24) is 0 Å². The number of carbonyl (C=O) groups excluding carboxylic acids is 2. The molecule has 4 fully saturated rings. The molecule has 0 spiro atoms. The number of ketones is 2. The Kier molecular flexibility index (Phi) is 3.85. The second-order valence-electron chi connectivity index (χ2n) is 9.71. The van der Waals surface area contributed by atoms with Crippen molar-refractivity contribution in [2.75, 3.05) is 0 Å². The van der Waals surface area contributed by atoms with E-state index in [-0.39, 0.29) is 28.4 Å². The van der Waals surface area contributed by atoms with E-state index < -0.39 is 0 Å². The lowest BCUT2D eigenvalue weighted by Crippen LogP contribution is -2.56. The van der Waals surface area contributed by atoms with Crippen LogP contribution in [0.3, 0.4) is 0 Å².